The van der Waals surface area contributed by atoms with Crippen LogP contribution in [0, 0.1) is 5.92 Å². The Hall–Kier alpha value is -0.220. The quantitative estimate of drug-likeness (QED) is 0.844. The minimum absolute atomic E-state index is 0.210. The average Bonchev–Trinajstić information content (AvgIpc) is 2.94. The second kappa shape index (κ2) is 7.53. The highest BCUT2D eigenvalue weighted by Gasteiger charge is 2.36. The van der Waals surface area contributed by atoms with Gasteiger partial charge in [-0.25, -0.2) is 0 Å². The molecule has 0 spiro atoms. The summed E-state index contributed by atoms with van der Waals surface area (Å²) >= 11 is 1.77. The van der Waals surface area contributed by atoms with Crippen molar-refractivity contribution in [1.29, 1.82) is 0 Å². The van der Waals surface area contributed by atoms with Crippen LogP contribution in [-0.2, 0) is 4.79 Å². The number of hydrogen-bond donors (Lipinski definition) is 1. The Kier molecular flexibility index (Phi) is 6.02. The molecule has 0 aromatic rings. The van der Waals surface area contributed by atoms with Gasteiger partial charge >= 0.3 is 0 Å². The second-order valence-corrected chi connectivity index (χ2v) is 7.01. The molecule has 0 radical (unpaired) electrons. The van der Waals surface area contributed by atoms with Gasteiger partial charge in [0.25, 0.3) is 0 Å². The van der Waals surface area contributed by atoms with E-state index in [1.54, 1.807) is 11.8 Å². The average molecular weight is 284 g/mol. The fraction of sp³-hybridized carbons (Fsp3) is 0.933. The third-order valence-corrected chi connectivity index (χ3v) is 5.37. The highest BCUT2D eigenvalue weighted by molar-refractivity contribution is 7.98. The van der Waals surface area contributed by atoms with Gasteiger partial charge in [-0.1, -0.05) is 19.3 Å². The van der Waals surface area contributed by atoms with Gasteiger partial charge in [0.2, 0.25) is 5.91 Å². The van der Waals surface area contributed by atoms with E-state index in [1.807, 2.05) is 0 Å². The highest BCUT2D eigenvalue weighted by Crippen LogP contribution is 2.34. The van der Waals surface area contributed by atoms with E-state index >= 15 is 0 Å². The molecule has 1 saturated heterocycles. The molecule has 1 amide bonds. The predicted octanol–water partition coefficient (Wildman–Crippen LogP) is 2.64. The van der Waals surface area contributed by atoms with Gasteiger partial charge in [0.1, 0.15) is 0 Å². The number of likely N-dealkylation sites (tertiary alicyclic amines) is 1. The number of carbonyl (C=O) groups is 1. The maximum Gasteiger partial charge on any atom is 0.239 e. The van der Waals surface area contributed by atoms with Crippen LogP contribution in [0.3, 0.4) is 0 Å². The maximum absolute atomic E-state index is 12.5. The smallest absolute Gasteiger partial charge is 0.239 e. The number of carbonyl (C=O) groups excluding carboxylic acids is 1. The van der Waals surface area contributed by atoms with E-state index in [0.29, 0.717) is 6.04 Å². The molecule has 1 heterocycles. The molecular formula is C15H28N2OS. The van der Waals surface area contributed by atoms with E-state index < -0.39 is 0 Å². The molecule has 110 valence electrons. The van der Waals surface area contributed by atoms with Crippen LogP contribution in [0.15, 0.2) is 0 Å². The van der Waals surface area contributed by atoms with Crippen molar-refractivity contribution in [3.8, 4) is 0 Å². The zero-order valence-corrected chi connectivity index (χ0v) is 13.0. The first kappa shape index (κ1) is 15.2. The number of thioether (sulfide) groups is 1. The summed E-state index contributed by atoms with van der Waals surface area (Å²) in [4.78, 5) is 14.6. The molecule has 1 aliphatic carbocycles. The summed E-state index contributed by atoms with van der Waals surface area (Å²) in [5, 5.41) is 0. The fourth-order valence-electron chi connectivity index (χ4n) is 3.66. The van der Waals surface area contributed by atoms with Crippen LogP contribution in [0.4, 0.5) is 0 Å². The maximum atomic E-state index is 12.5. The van der Waals surface area contributed by atoms with Crippen LogP contribution in [-0.4, -0.2) is 41.4 Å². The van der Waals surface area contributed by atoms with E-state index in [4.69, 9.17) is 5.73 Å². The molecule has 0 aromatic heterocycles. The number of hydrogen-bond acceptors (Lipinski definition) is 3. The Morgan fingerprint density at radius 3 is 2.68 bits per heavy atom. The molecule has 2 aliphatic rings. The summed E-state index contributed by atoms with van der Waals surface area (Å²) in [5.74, 6) is 1.93. The Balaban J connectivity index is 1.91. The minimum atomic E-state index is -0.281. The van der Waals surface area contributed by atoms with Crippen molar-refractivity contribution in [2.45, 2.75) is 63.5 Å². The molecule has 1 aliphatic heterocycles. The van der Waals surface area contributed by atoms with Crippen molar-refractivity contribution >= 4 is 17.7 Å². The van der Waals surface area contributed by atoms with Crippen LogP contribution in [0.5, 0.6) is 0 Å². The van der Waals surface area contributed by atoms with Gasteiger partial charge in [-0.3, -0.25) is 4.79 Å². The van der Waals surface area contributed by atoms with Crippen LogP contribution < -0.4 is 5.73 Å². The van der Waals surface area contributed by atoms with Gasteiger partial charge in [0.15, 0.2) is 0 Å². The third kappa shape index (κ3) is 3.88. The lowest BCUT2D eigenvalue weighted by Gasteiger charge is -2.35. The second-order valence-electron chi connectivity index (χ2n) is 6.03. The lowest BCUT2D eigenvalue weighted by molar-refractivity contribution is -0.134. The largest absolute Gasteiger partial charge is 0.338 e. The van der Waals surface area contributed by atoms with Crippen molar-refractivity contribution in [2.24, 2.45) is 11.7 Å². The molecule has 2 rings (SSSR count). The van der Waals surface area contributed by atoms with Gasteiger partial charge in [0, 0.05) is 12.6 Å². The van der Waals surface area contributed by atoms with Crippen molar-refractivity contribution in [3.63, 3.8) is 0 Å². The Bertz CT molecular complexity index is 292. The zero-order chi connectivity index (χ0) is 13.7. The van der Waals surface area contributed by atoms with Crippen molar-refractivity contribution in [1.82, 2.24) is 4.90 Å². The van der Waals surface area contributed by atoms with Crippen molar-refractivity contribution in [2.75, 3.05) is 18.6 Å². The highest BCUT2D eigenvalue weighted by atomic mass is 32.2. The monoisotopic (exact) mass is 284 g/mol. The molecule has 1 unspecified atom stereocenters. The first-order valence-corrected chi connectivity index (χ1v) is 9.18. The van der Waals surface area contributed by atoms with E-state index in [2.05, 4.69) is 11.2 Å². The minimum Gasteiger partial charge on any atom is -0.338 e. The molecule has 2 atom stereocenters. The van der Waals surface area contributed by atoms with Gasteiger partial charge in [-0.2, -0.15) is 11.8 Å². The van der Waals surface area contributed by atoms with Gasteiger partial charge in [-0.15, -0.1) is 0 Å². The number of rotatable bonds is 5. The summed E-state index contributed by atoms with van der Waals surface area (Å²) in [5.41, 5.74) is 6.07. The summed E-state index contributed by atoms with van der Waals surface area (Å²) in [6, 6.07) is 0.213. The van der Waals surface area contributed by atoms with Crippen molar-refractivity contribution in [3.05, 3.63) is 0 Å². The summed E-state index contributed by atoms with van der Waals surface area (Å²) in [7, 11) is 0. The Morgan fingerprint density at radius 2 is 2.00 bits per heavy atom. The summed E-state index contributed by atoms with van der Waals surface area (Å²) in [6.07, 6.45) is 12.0. The Labute approximate surface area is 121 Å². The third-order valence-electron chi connectivity index (χ3n) is 4.73. The normalized spacial score (nSPS) is 26.6. The SMILES string of the molecule is CSCC[C@@H](N)C(=O)N1CCCC1C1CCCCC1. The number of nitrogens with two attached hydrogens (primary N) is 1. The Morgan fingerprint density at radius 1 is 1.26 bits per heavy atom. The van der Waals surface area contributed by atoms with Crippen LogP contribution >= 0.6 is 11.8 Å². The molecule has 0 aromatic carbocycles. The molecule has 3 nitrogen and oxygen atoms in total. The zero-order valence-electron chi connectivity index (χ0n) is 12.1. The van der Waals surface area contributed by atoms with E-state index in [9.17, 15) is 4.79 Å². The lowest BCUT2D eigenvalue weighted by atomic mass is 9.83. The van der Waals surface area contributed by atoms with Gasteiger partial charge in [-0.05, 0) is 50.0 Å². The fourth-order valence-corrected chi connectivity index (χ4v) is 4.15. The van der Waals surface area contributed by atoms with E-state index in [0.717, 1.165) is 24.6 Å². The molecule has 1 saturated carbocycles. The van der Waals surface area contributed by atoms with Gasteiger partial charge < -0.3 is 10.6 Å². The van der Waals surface area contributed by atoms with Crippen LogP contribution in [0.25, 0.3) is 0 Å². The first-order valence-electron chi connectivity index (χ1n) is 7.79. The number of nitrogens with zero attached hydrogens (tertiary/aromatic N) is 1. The summed E-state index contributed by atoms with van der Waals surface area (Å²) in [6.45, 7) is 0.937. The first-order chi connectivity index (χ1) is 9.24. The molecule has 4 heteroatoms. The lowest BCUT2D eigenvalue weighted by Crippen LogP contribution is -2.48. The van der Waals surface area contributed by atoms with E-state index in [1.165, 1.54) is 44.9 Å². The molecule has 2 N–H and O–H groups in total. The topological polar surface area (TPSA) is 46.3 Å². The molecule has 0 bridgehead atoms. The van der Waals surface area contributed by atoms with Crippen molar-refractivity contribution < 1.29 is 4.79 Å². The van der Waals surface area contributed by atoms with Gasteiger partial charge in [0.05, 0.1) is 6.04 Å². The molecular weight excluding hydrogens is 256 g/mol. The van der Waals surface area contributed by atoms with E-state index in [-0.39, 0.29) is 11.9 Å². The molecule has 19 heavy (non-hydrogen) atoms. The van der Waals surface area contributed by atoms with Crippen LogP contribution in [0.2, 0.25) is 0 Å². The van der Waals surface area contributed by atoms with Crippen LogP contribution in [0.1, 0.15) is 51.4 Å². The summed E-state index contributed by atoms with van der Waals surface area (Å²) < 4.78 is 0. The predicted molar refractivity (Wildman–Crippen MR) is 82.3 cm³/mol. The molecule has 2 fully saturated rings. The number of amides is 1. The standard InChI is InChI=1S/C15H28N2OS/c1-19-11-9-13(16)15(18)17-10-5-8-14(17)12-6-3-2-4-7-12/h12-14H,2-11,16H2,1H3/t13-,14?/m1/s1.